The van der Waals surface area contributed by atoms with Gasteiger partial charge in [0, 0.05) is 18.0 Å². The molecule has 1 aromatic heterocycles. The highest BCUT2D eigenvalue weighted by atomic mass is 32.1. The maximum absolute atomic E-state index is 5.11. The Labute approximate surface area is 155 Å². The van der Waals surface area contributed by atoms with Crippen LogP contribution >= 0.6 is 11.3 Å². The Bertz CT molecular complexity index is 675. The number of nitrogens with one attached hydrogen (secondary N) is 1. The summed E-state index contributed by atoms with van der Waals surface area (Å²) >= 11 is 1.99. The van der Waals surface area contributed by atoms with Crippen LogP contribution in [0.4, 0.5) is 0 Å². The number of nitrogens with zero attached hydrogens (tertiary/aromatic N) is 2. The van der Waals surface area contributed by atoms with Crippen LogP contribution in [-0.4, -0.2) is 29.5 Å². The number of likely N-dealkylation sites (tertiary alicyclic amines) is 1. The normalized spacial score (nSPS) is 23.7. The van der Waals surface area contributed by atoms with Crippen molar-refractivity contribution >= 4 is 11.3 Å². The maximum Gasteiger partial charge on any atom is 0.115 e. The number of thiazole rings is 1. The summed E-state index contributed by atoms with van der Waals surface area (Å²) in [5.41, 5.74) is 2.85. The molecule has 4 heteroatoms. The van der Waals surface area contributed by atoms with E-state index in [-0.39, 0.29) is 5.54 Å². The molecule has 0 bridgehead atoms. The summed E-state index contributed by atoms with van der Waals surface area (Å²) in [5.74, 6) is 0. The van der Waals surface area contributed by atoms with Gasteiger partial charge < -0.3 is 5.32 Å². The van der Waals surface area contributed by atoms with Gasteiger partial charge in [-0.2, -0.15) is 0 Å². The Morgan fingerprint density at radius 3 is 2.88 bits per heavy atom. The second kappa shape index (κ2) is 7.56. The quantitative estimate of drug-likeness (QED) is 0.845. The summed E-state index contributed by atoms with van der Waals surface area (Å²) in [6.07, 6.45) is 7.35. The predicted octanol–water partition coefficient (Wildman–Crippen LogP) is 4.12. The van der Waals surface area contributed by atoms with Gasteiger partial charge in [-0.1, -0.05) is 37.3 Å². The van der Waals surface area contributed by atoms with E-state index in [1.165, 1.54) is 61.3 Å². The smallest absolute Gasteiger partial charge is 0.115 e. The second-order valence-electron chi connectivity index (χ2n) is 7.55. The van der Waals surface area contributed by atoms with Gasteiger partial charge in [0.1, 0.15) is 5.01 Å². The fourth-order valence-electron chi connectivity index (χ4n) is 4.27. The largest absolute Gasteiger partial charge is 0.304 e. The zero-order chi connectivity index (χ0) is 17.1. The first-order valence-corrected chi connectivity index (χ1v) is 10.6. The summed E-state index contributed by atoms with van der Waals surface area (Å²) in [7, 11) is 0. The average molecular weight is 356 g/mol. The lowest BCUT2D eigenvalue weighted by molar-refractivity contribution is 0.114. The van der Waals surface area contributed by atoms with Crippen LogP contribution in [-0.2, 0) is 24.9 Å². The number of hydrogen-bond donors (Lipinski definition) is 1. The third kappa shape index (κ3) is 3.67. The van der Waals surface area contributed by atoms with Crippen LogP contribution in [0.2, 0.25) is 0 Å². The van der Waals surface area contributed by atoms with Crippen LogP contribution in [0.3, 0.4) is 0 Å². The van der Waals surface area contributed by atoms with E-state index in [4.69, 9.17) is 4.98 Å². The molecular weight excluding hydrogens is 326 g/mol. The van der Waals surface area contributed by atoms with Gasteiger partial charge in [-0.15, -0.1) is 11.3 Å². The standard InChI is InChI=1S/C21H29N3S/c1-2-13-22-21(20-23-18-10-6-11-19(18)25-20)12-7-14-24(16-21)15-17-8-4-3-5-9-17/h3-5,8-9,22H,2,6-7,10-16H2,1H3. The molecule has 2 aliphatic rings. The van der Waals surface area contributed by atoms with Crippen molar-refractivity contribution in [3.8, 4) is 0 Å². The maximum atomic E-state index is 5.11. The second-order valence-corrected chi connectivity index (χ2v) is 8.63. The van der Waals surface area contributed by atoms with Crippen LogP contribution in [0, 0.1) is 0 Å². The van der Waals surface area contributed by atoms with E-state index in [0.29, 0.717) is 0 Å². The molecule has 1 N–H and O–H groups in total. The first-order valence-electron chi connectivity index (χ1n) is 9.79. The molecule has 1 aliphatic carbocycles. The monoisotopic (exact) mass is 355 g/mol. The van der Waals surface area contributed by atoms with Gasteiger partial charge in [0.05, 0.1) is 11.2 Å². The topological polar surface area (TPSA) is 28.2 Å². The average Bonchev–Trinajstić information content (AvgIpc) is 3.23. The Kier molecular flexibility index (Phi) is 5.20. The van der Waals surface area contributed by atoms with E-state index >= 15 is 0 Å². The van der Waals surface area contributed by atoms with Crippen molar-refractivity contribution in [2.24, 2.45) is 0 Å². The molecule has 1 fully saturated rings. The zero-order valence-electron chi connectivity index (χ0n) is 15.3. The minimum Gasteiger partial charge on any atom is -0.304 e. The first-order chi connectivity index (χ1) is 12.3. The van der Waals surface area contributed by atoms with Crippen LogP contribution in [0.25, 0.3) is 0 Å². The summed E-state index contributed by atoms with van der Waals surface area (Å²) in [6, 6.07) is 10.9. The summed E-state index contributed by atoms with van der Waals surface area (Å²) in [6.45, 7) is 6.64. The minimum absolute atomic E-state index is 0.0536. The number of piperidine rings is 1. The van der Waals surface area contributed by atoms with Crippen molar-refractivity contribution in [1.82, 2.24) is 15.2 Å². The van der Waals surface area contributed by atoms with Crippen LogP contribution in [0.1, 0.15) is 53.7 Å². The molecule has 1 saturated heterocycles. The number of rotatable bonds is 6. The van der Waals surface area contributed by atoms with Crippen molar-refractivity contribution in [2.45, 2.75) is 57.5 Å². The fourth-order valence-corrected chi connectivity index (χ4v) is 5.61. The highest BCUT2D eigenvalue weighted by Gasteiger charge is 2.40. The Morgan fingerprint density at radius 2 is 2.08 bits per heavy atom. The summed E-state index contributed by atoms with van der Waals surface area (Å²) in [4.78, 5) is 9.28. The number of hydrogen-bond acceptors (Lipinski definition) is 4. The van der Waals surface area contributed by atoms with Gasteiger partial charge in [0.15, 0.2) is 0 Å². The SMILES string of the molecule is CCCNC1(c2nc3c(s2)CCC3)CCCN(Cc2ccccc2)C1. The van der Waals surface area contributed by atoms with E-state index in [9.17, 15) is 0 Å². The fraction of sp³-hybridized carbons (Fsp3) is 0.571. The highest BCUT2D eigenvalue weighted by Crippen LogP contribution is 2.38. The van der Waals surface area contributed by atoms with Crippen molar-refractivity contribution in [2.75, 3.05) is 19.6 Å². The van der Waals surface area contributed by atoms with Gasteiger partial charge in [-0.25, -0.2) is 4.98 Å². The first kappa shape index (κ1) is 17.2. The molecule has 1 aromatic carbocycles. The van der Waals surface area contributed by atoms with Crippen molar-refractivity contribution < 1.29 is 0 Å². The number of benzene rings is 1. The molecule has 1 aliphatic heterocycles. The Morgan fingerprint density at radius 1 is 1.20 bits per heavy atom. The van der Waals surface area contributed by atoms with E-state index in [0.717, 1.165) is 19.6 Å². The molecule has 4 rings (SSSR count). The molecule has 0 radical (unpaired) electrons. The van der Waals surface area contributed by atoms with Gasteiger partial charge in [0.2, 0.25) is 0 Å². The molecular formula is C21H29N3S. The lowest BCUT2D eigenvalue weighted by Crippen LogP contribution is -2.54. The molecule has 3 nitrogen and oxygen atoms in total. The molecule has 0 amide bonds. The van der Waals surface area contributed by atoms with Crippen molar-refractivity contribution in [3.05, 3.63) is 51.5 Å². The number of aryl methyl sites for hydroxylation is 2. The molecule has 134 valence electrons. The molecule has 0 saturated carbocycles. The van der Waals surface area contributed by atoms with Gasteiger partial charge in [-0.3, -0.25) is 4.90 Å². The molecule has 0 spiro atoms. The number of aromatic nitrogens is 1. The van der Waals surface area contributed by atoms with E-state index in [1.54, 1.807) is 4.88 Å². The van der Waals surface area contributed by atoms with Crippen LogP contribution in [0.5, 0.6) is 0 Å². The Hall–Kier alpha value is -1.23. The third-order valence-electron chi connectivity index (χ3n) is 5.54. The van der Waals surface area contributed by atoms with E-state index < -0.39 is 0 Å². The molecule has 25 heavy (non-hydrogen) atoms. The lowest BCUT2D eigenvalue weighted by atomic mass is 9.89. The van der Waals surface area contributed by atoms with E-state index in [2.05, 4.69) is 47.5 Å². The van der Waals surface area contributed by atoms with E-state index in [1.807, 2.05) is 11.3 Å². The van der Waals surface area contributed by atoms with Gasteiger partial charge >= 0.3 is 0 Å². The summed E-state index contributed by atoms with van der Waals surface area (Å²) < 4.78 is 0. The van der Waals surface area contributed by atoms with Crippen molar-refractivity contribution in [3.63, 3.8) is 0 Å². The predicted molar refractivity (Wildman–Crippen MR) is 105 cm³/mol. The van der Waals surface area contributed by atoms with Crippen LogP contribution in [0.15, 0.2) is 30.3 Å². The number of fused-ring (bicyclic) bond motifs is 1. The van der Waals surface area contributed by atoms with Gasteiger partial charge in [-0.05, 0) is 57.2 Å². The third-order valence-corrected chi connectivity index (χ3v) is 6.90. The van der Waals surface area contributed by atoms with Crippen LogP contribution < -0.4 is 5.32 Å². The molecule has 2 heterocycles. The van der Waals surface area contributed by atoms with Crippen molar-refractivity contribution in [1.29, 1.82) is 0 Å². The summed E-state index contributed by atoms with van der Waals surface area (Å²) in [5, 5.41) is 5.26. The highest BCUT2D eigenvalue weighted by molar-refractivity contribution is 7.12. The Balaban J connectivity index is 1.56. The molecule has 2 aromatic rings. The minimum atomic E-state index is 0.0536. The lowest BCUT2D eigenvalue weighted by Gasteiger charge is -2.42. The molecule has 1 unspecified atom stereocenters. The van der Waals surface area contributed by atoms with Gasteiger partial charge in [0.25, 0.3) is 0 Å². The zero-order valence-corrected chi connectivity index (χ0v) is 16.1. The molecule has 1 atom stereocenters.